The minimum Gasteiger partial charge on any atom is -0.478 e. The highest BCUT2D eigenvalue weighted by Crippen LogP contribution is 2.32. The molecule has 18 heavy (non-hydrogen) atoms. The van der Waals surface area contributed by atoms with Gasteiger partial charge in [0.1, 0.15) is 0 Å². The van der Waals surface area contributed by atoms with Crippen LogP contribution in [0.5, 0.6) is 0 Å². The van der Waals surface area contributed by atoms with Crippen LogP contribution in [0.4, 0.5) is 0 Å². The first kappa shape index (κ1) is 13.2. The SMILES string of the molecule is O=C(O)C=C1CCCC[C@H]1Cc1cccc(Cl)c1. The third-order valence-corrected chi connectivity index (χ3v) is 3.71. The molecule has 1 aliphatic rings. The first-order valence-electron chi connectivity index (χ1n) is 6.33. The molecule has 0 aromatic heterocycles. The van der Waals surface area contributed by atoms with Gasteiger partial charge in [-0.05, 0) is 49.3 Å². The molecule has 1 aromatic carbocycles. The summed E-state index contributed by atoms with van der Waals surface area (Å²) in [5.74, 6) is -0.476. The third-order valence-electron chi connectivity index (χ3n) is 3.47. The second-order valence-electron chi connectivity index (χ2n) is 4.83. The van der Waals surface area contributed by atoms with Crippen molar-refractivity contribution in [2.24, 2.45) is 5.92 Å². The lowest BCUT2D eigenvalue weighted by Crippen LogP contribution is -2.14. The summed E-state index contributed by atoms with van der Waals surface area (Å²) in [7, 11) is 0. The Labute approximate surface area is 112 Å². The van der Waals surface area contributed by atoms with Crippen LogP contribution in [0.25, 0.3) is 0 Å². The van der Waals surface area contributed by atoms with Crippen molar-refractivity contribution in [2.45, 2.75) is 32.1 Å². The molecule has 0 unspecified atom stereocenters. The molecule has 1 N–H and O–H groups in total. The monoisotopic (exact) mass is 264 g/mol. The topological polar surface area (TPSA) is 37.3 Å². The number of aliphatic carboxylic acids is 1. The van der Waals surface area contributed by atoms with E-state index >= 15 is 0 Å². The molecular weight excluding hydrogens is 248 g/mol. The summed E-state index contributed by atoms with van der Waals surface area (Å²) in [6, 6.07) is 7.83. The number of hydrogen-bond acceptors (Lipinski definition) is 1. The zero-order valence-corrected chi connectivity index (χ0v) is 11.0. The van der Waals surface area contributed by atoms with Gasteiger partial charge >= 0.3 is 5.97 Å². The second-order valence-corrected chi connectivity index (χ2v) is 5.27. The lowest BCUT2D eigenvalue weighted by Gasteiger charge is -2.25. The van der Waals surface area contributed by atoms with Gasteiger partial charge in [0.15, 0.2) is 0 Å². The molecule has 1 saturated carbocycles. The predicted octanol–water partition coefficient (Wildman–Crippen LogP) is 4.08. The first-order chi connectivity index (χ1) is 8.65. The number of carbonyl (C=O) groups is 1. The summed E-state index contributed by atoms with van der Waals surface area (Å²) in [6.07, 6.45) is 6.56. The van der Waals surface area contributed by atoms with Gasteiger partial charge in [0.05, 0.1) is 0 Å². The molecule has 2 nitrogen and oxygen atoms in total. The van der Waals surface area contributed by atoms with Crippen LogP contribution in [0.2, 0.25) is 5.02 Å². The van der Waals surface area contributed by atoms with Crippen LogP contribution >= 0.6 is 11.6 Å². The maximum atomic E-state index is 10.8. The molecule has 0 heterocycles. The Morgan fingerprint density at radius 1 is 1.44 bits per heavy atom. The molecule has 1 atom stereocenters. The fourth-order valence-electron chi connectivity index (χ4n) is 2.64. The molecule has 0 radical (unpaired) electrons. The van der Waals surface area contributed by atoms with Gasteiger partial charge < -0.3 is 5.11 Å². The minimum atomic E-state index is -0.831. The van der Waals surface area contributed by atoms with E-state index in [1.165, 1.54) is 18.1 Å². The first-order valence-corrected chi connectivity index (χ1v) is 6.71. The van der Waals surface area contributed by atoms with Crippen molar-refractivity contribution in [3.8, 4) is 0 Å². The average Bonchev–Trinajstić information content (AvgIpc) is 2.31. The quantitative estimate of drug-likeness (QED) is 0.835. The van der Waals surface area contributed by atoms with Crippen LogP contribution in [0.3, 0.4) is 0 Å². The Morgan fingerprint density at radius 3 is 3.00 bits per heavy atom. The maximum absolute atomic E-state index is 10.8. The molecule has 3 heteroatoms. The Bertz CT molecular complexity index is 465. The summed E-state index contributed by atoms with van der Waals surface area (Å²) in [6.45, 7) is 0. The second kappa shape index (κ2) is 6.05. The standard InChI is InChI=1S/C15H17ClO2/c16-14-7-3-4-11(9-14)8-12-5-1-2-6-13(12)10-15(17)18/h3-4,7,9-10,12H,1-2,5-6,8H2,(H,17,18)/t12-/m0/s1. The molecule has 1 aliphatic carbocycles. The van der Waals surface area contributed by atoms with E-state index in [0.29, 0.717) is 5.92 Å². The molecule has 0 aliphatic heterocycles. The van der Waals surface area contributed by atoms with Gasteiger partial charge in [0.2, 0.25) is 0 Å². The lowest BCUT2D eigenvalue weighted by molar-refractivity contribution is -0.131. The summed E-state index contributed by atoms with van der Waals surface area (Å²) >= 11 is 5.97. The van der Waals surface area contributed by atoms with Crippen LogP contribution in [0, 0.1) is 5.92 Å². The Hall–Kier alpha value is -1.28. The van der Waals surface area contributed by atoms with Gasteiger partial charge in [-0.3, -0.25) is 0 Å². The maximum Gasteiger partial charge on any atom is 0.328 e. The van der Waals surface area contributed by atoms with Crippen molar-refractivity contribution in [1.82, 2.24) is 0 Å². The molecule has 1 fully saturated rings. The fraction of sp³-hybridized carbons (Fsp3) is 0.400. The van der Waals surface area contributed by atoms with E-state index in [2.05, 4.69) is 6.07 Å². The number of carboxylic acids is 1. The summed E-state index contributed by atoms with van der Waals surface area (Å²) in [5, 5.41) is 9.64. The van der Waals surface area contributed by atoms with Crippen molar-refractivity contribution in [2.75, 3.05) is 0 Å². The van der Waals surface area contributed by atoms with E-state index in [9.17, 15) is 4.79 Å². The zero-order chi connectivity index (χ0) is 13.0. The third kappa shape index (κ3) is 3.61. The average molecular weight is 265 g/mol. The Morgan fingerprint density at radius 2 is 2.28 bits per heavy atom. The van der Waals surface area contributed by atoms with Crippen LogP contribution in [0.15, 0.2) is 35.9 Å². The molecule has 0 bridgehead atoms. The lowest BCUT2D eigenvalue weighted by atomic mass is 9.80. The highest BCUT2D eigenvalue weighted by molar-refractivity contribution is 6.30. The number of hydrogen-bond donors (Lipinski definition) is 1. The van der Waals surface area contributed by atoms with Crippen molar-refractivity contribution >= 4 is 17.6 Å². The Balaban J connectivity index is 2.13. The largest absolute Gasteiger partial charge is 0.478 e. The molecule has 2 rings (SSSR count). The molecule has 96 valence electrons. The summed E-state index contributed by atoms with van der Waals surface area (Å²) in [4.78, 5) is 10.8. The van der Waals surface area contributed by atoms with Crippen LogP contribution in [-0.2, 0) is 11.2 Å². The van der Waals surface area contributed by atoms with E-state index in [1.807, 2.05) is 18.2 Å². The summed E-state index contributed by atoms with van der Waals surface area (Å²) in [5.41, 5.74) is 2.26. The molecule has 0 saturated heterocycles. The number of rotatable bonds is 3. The van der Waals surface area contributed by atoms with Crippen molar-refractivity contribution < 1.29 is 9.90 Å². The van der Waals surface area contributed by atoms with E-state index in [1.54, 1.807) is 0 Å². The van der Waals surface area contributed by atoms with Crippen molar-refractivity contribution in [3.63, 3.8) is 0 Å². The number of carboxylic acid groups (broad SMARTS) is 1. The highest BCUT2D eigenvalue weighted by atomic mass is 35.5. The van der Waals surface area contributed by atoms with Crippen LogP contribution in [0.1, 0.15) is 31.2 Å². The Kier molecular flexibility index (Phi) is 4.43. The van der Waals surface area contributed by atoms with Crippen molar-refractivity contribution in [3.05, 3.63) is 46.5 Å². The minimum absolute atomic E-state index is 0.355. The van der Waals surface area contributed by atoms with Gasteiger partial charge in [-0.25, -0.2) is 4.79 Å². The molecule has 0 spiro atoms. The van der Waals surface area contributed by atoms with Crippen LogP contribution in [-0.4, -0.2) is 11.1 Å². The molecular formula is C15H17ClO2. The van der Waals surface area contributed by atoms with Crippen LogP contribution < -0.4 is 0 Å². The molecule has 1 aromatic rings. The number of allylic oxidation sites excluding steroid dienone is 1. The predicted molar refractivity (Wildman–Crippen MR) is 72.8 cm³/mol. The number of benzene rings is 1. The van der Waals surface area contributed by atoms with E-state index in [-0.39, 0.29) is 0 Å². The van der Waals surface area contributed by atoms with Gasteiger partial charge in [0.25, 0.3) is 0 Å². The van der Waals surface area contributed by atoms with E-state index in [0.717, 1.165) is 36.3 Å². The highest BCUT2D eigenvalue weighted by Gasteiger charge is 2.20. The van der Waals surface area contributed by atoms with E-state index < -0.39 is 5.97 Å². The van der Waals surface area contributed by atoms with E-state index in [4.69, 9.17) is 16.7 Å². The summed E-state index contributed by atoms with van der Waals surface area (Å²) < 4.78 is 0. The van der Waals surface area contributed by atoms with Gasteiger partial charge in [0, 0.05) is 11.1 Å². The van der Waals surface area contributed by atoms with Gasteiger partial charge in [-0.15, -0.1) is 0 Å². The molecule has 0 amide bonds. The van der Waals surface area contributed by atoms with Gasteiger partial charge in [-0.2, -0.15) is 0 Å². The normalized spacial score (nSPS) is 22.1. The fourth-order valence-corrected chi connectivity index (χ4v) is 2.85. The number of halogens is 1. The van der Waals surface area contributed by atoms with Gasteiger partial charge in [-0.1, -0.05) is 35.7 Å². The zero-order valence-electron chi connectivity index (χ0n) is 10.2. The van der Waals surface area contributed by atoms with Crippen molar-refractivity contribution in [1.29, 1.82) is 0 Å². The smallest absolute Gasteiger partial charge is 0.328 e.